The molecule has 1 heterocycles. The molecule has 0 amide bonds. The van der Waals surface area contributed by atoms with E-state index in [1.54, 1.807) is 0 Å². The van der Waals surface area contributed by atoms with Crippen LogP contribution >= 0.6 is 22.9 Å². The highest BCUT2D eigenvalue weighted by Gasteiger charge is 2.23. The molecular weight excluding hydrogens is 337 g/mol. The standard InChI is InChI=1S/C15H6ClF3O2S/c16-9-4-8(10(18)5-11(9)19)13-7-2-1-6(17)3-12(7)22-14(13)15(20)21/h1-5H,(H,20,21). The van der Waals surface area contributed by atoms with Crippen LogP contribution in [0.2, 0.25) is 5.02 Å². The molecule has 0 aliphatic heterocycles. The third kappa shape index (κ3) is 2.34. The van der Waals surface area contributed by atoms with E-state index in [-0.39, 0.29) is 21.0 Å². The monoisotopic (exact) mass is 342 g/mol. The Hall–Kier alpha value is -2.05. The largest absolute Gasteiger partial charge is 0.477 e. The fraction of sp³-hybridized carbons (Fsp3) is 0. The van der Waals surface area contributed by atoms with Crippen LogP contribution in [0.5, 0.6) is 0 Å². The molecule has 1 N–H and O–H groups in total. The van der Waals surface area contributed by atoms with E-state index in [4.69, 9.17) is 11.6 Å². The zero-order chi connectivity index (χ0) is 16.0. The number of carboxylic acid groups (broad SMARTS) is 1. The van der Waals surface area contributed by atoms with E-state index in [2.05, 4.69) is 0 Å². The Morgan fingerprint density at radius 2 is 1.82 bits per heavy atom. The Kier molecular flexibility index (Phi) is 3.58. The molecule has 112 valence electrons. The van der Waals surface area contributed by atoms with Crippen molar-refractivity contribution in [3.05, 3.63) is 57.7 Å². The van der Waals surface area contributed by atoms with Gasteiger partial charge in [-0.3, -0.25) is 0 Å². The fourth-order valence-electron chi connectivity index (χ4n) is 2.20. The first kappa shape index (κ1) is 14.9. The minimum Gasteiger partial charge on any atom is -0.477 e. The van der Waals surface area contributed by atoms with E-state index in [1.807, 2.05) is 0 Å². The lowest BCUT2D eigenvalue weighted by Crippen LogP contribution is -1.97. The van der Waals surface area contributed by atoms with Gasteiger partial charge in [0.2, 0.25) is 0 Å². The SMILES string of the molecule is O=C(O)c1sc2cc(F)ccc2c1-c1cc(Cl)c(F)cc1F. The molecule has 0 radical (unpaired) electrons. The zero-order valence-corrected chi connectivity index (χ0v) is 12.2. The van der Waals surface area contributed by atoms with E-state index in [9.17, 15) is 23.1 Å². The number of carbonyl (C=O) groups is 1. The van der Waals surface area contributed by atoms with Crippen molar-refractivity contribution in [2.45, 2.75) is 0 Å². The topological polar surface area (TPSA) is 37.3 Å². The van der Waals surface area contributed by atoms with Gasteiger partial charge in [0.1, 0.15) is 22.3 Å². The van der Waals surface area contributed by atoms with Crippen molar-refractivity contribution in [2.24, 2.45) is 0 Å². The molecule has 0 saturated heterocycles. The summed E-state index contributed by atoms with van der Waals surface area (Å²) in [5.41, 5.74) is -0.0754. The third-order valence-electron chi connectivity index (χ3n) is 3.13. The first-order chi connectivity index (χ1) is 10.4. The first-order valence-electron chi connectivity index (χ1n) is 5.98. The molecule has 0 spiro atoms. The molecule has 3 aromatic rings. The van der Waals surface area contributed by atoms with Gasteiger partial charge in [-0.2, -0.15) is 0 Å². The van der Waals surface area contributed by atoms with Crippen LogP contribution in [0, 0.1) is 17.5 Å². The van der Waals surface area contributed by atoms with Gasteiger partial charge in [-0.05, 0) is 24.3 Å². The smallest absolute Gasteiger partial charge is 0.346 e. The Morgan fingerprint density at radius 1 is 1.09 bits per heavy atom. The molecule has 7 heteroatoms. The van der Waals surface area contributed by atoms with E-state index in [0.29, 0.717) is 16.2 Å². The molecule has 0 fully saturated rings. The third-order valence-corrected chi connectivity index (χ3v) is 4.56. The molecule has 3 rings (SSSR count). The molecule has 0 aliphatic carbocycles. The van der Waals surface area contributed by atoms with Crippen molar-refractivity contribution in [3.63, 3.8) is 0 Å². The van der Waals surface area contributed by atoms with E-state index in [0.717, 1.165) is 23.5 Å². The van der Waals surface area contributed by atoms with Crippen LogP contribution in [-0.4, -0.2) is 11.1 Å². The highest BCUT2D eigenvalue weighted by Crippen LogP contribution is 2.41. The number of hydrogen-bond donors (Lipinski definition) is 1. The molecular formula is C15H6ClF3O2S. The normalized spacial score (nSPS) is 11.1. The summed E-state index contributed by atoms with van der Waals surface area (Å²) in [6, 6.07) is 5.30. The van der Waals surface area contributed by atoms with E-state index < -0.39 is 23.4 Å². The van der Waals surface area contributed by atoms with Crippen LogP contribution in [0.15, 0.2) is 30.3 Å². The first-order valence-corrected chi connectivity index (χ1v) is 7.18. The molecule has 2 aromatic carbocycles. The van der Waals surface area contributed by atoms with Crippen LogP contribution in [0.4, 0.5) is 13.2 Å². The van der Waals surface area contributed by atoms with Crippen molar-refractivity contribution < 1.29 is 23.1 Å². The molecule has 0 unspecified atom stereocenters. The summed E-state index contributed by atoms with van der Waals surface area (Å²) in [7, 11) is 0. The second-order valence-electron chi connectivity index (χ2n) is 4.50. The lowest BCUT2D eigenvalue weighted by Gasteiger charge is -2.06. The van der Waals surface area contributed by atoms with Gasteiger partial charge in [-0.15, -0.1) is 11.3 Å². The second kappa shape index (κ2) is 5.30. The molecule has 1 aromatic heterocycles. The van der Waals surface area contributed by atoms with Crippen molar-refractivity contribution in [1.29, 1.82) is 0 Å². The van der Waals surface area contributed by atoms with E-state index in [1.165, 1.54) is 12.1 Å². The lowest BCUT2D eigenvalue weighted by atomic mass is 10.0. The summed E-state index contributed by atoms with van der Waals surface area (Å²) in [5, 5.41) is 9.34. The van der Waals surface area contributed by atoms with Crippen molar-refractivity contribution in [1.82, 2.24) is 0 Å². The second-order valence-corrected chi connectivity index (χ2v) is 5.96. The quantitative estimate of drug-likeness (QED) is 0.638. The summed E-state index contributed by atoms with van der Waals surface area (Å²) in [6.45, 7) is 0. The summed E-state index contributed by atoms with van der Waals surface area (Å²) >= 11 is 6.48. The van der Waals surface area contributed by atoms with Crippen molar-refractivity contribution >= 4 is 39.0 Å². The number of benzene rings is 2. The average Bonchev–Trinajstić information content (AvgIpc) is 2.81. The number of halogens is 4. The number of rotatable bonds is 2. The summed E-state index contributed by atoms with van der Waals surface area (Å²) in [5.74, 6) is -3.69. The van der Waals surface area contributed by atoms with Gasteiger partial charge in [0.25, 0.3) is 0 Å². The molecule has 0 bridgehead atoms. The fourth-order valence-corrected chi connectivity index (χ4v) is 3.45. The number of carboxylic acids is 1. The maximum absolute atomic E-state index is 14.1. The van der Waals surface area contributed by atoms with Gasteiger partial charge in [0.15, 0.2) is 0 Å². The van der Waals surface area contributed by atoms with Gasteiger partial charge in [0, 0.05) is 27.3 Å². The Morgan fingerprint density at radius 3 is 2.50 bits per heavy atom. The van der Waals surface area contributed by atoms with Crippen LogP contribution in [0.1, 0.15) is 9.67 Å². The molecule has 2 nitrogen and oxygen atoms in total. The van der Waals surface area contributed by atoms with Crippen molar-refractivity contribution in [3.8, 4) is 11.1 Å². The molecule has 0 atom stereocenters. The zero-order valence-electron chi connectivity index (χ0n) is 10.7. The predicted octanol–water partition coefficient (Wildman–Crippen LogP) is 5.34. The number of thiophene rings is 1. The Labute approximate surface area is 131 Å². The summed E-state index contributed by atoms with van der Waals surface area (Å²) < 4.78 is 41.0. The molecule has 0 aliphatic rings. The Balaban J connectivity index is 2.41. The minimum absolute atomic E-state index is 0.0619. The van der Waals surface area contributed by atoms with Gasteiger partial charge < -0.3 is 5.11 Å². The maximum Gasteiger partial charge on any atom is 0.346 e. The maximum atomic E-state index is 14.1. The van der Waals surface area contributed by atoms with Crippen LogP contribution in [0.25, 0.3) is 21.2 Å². The van der Waals surface area contributed by atoms with Crippen molar-refractivity contribution in [2.75, 3.05) is 0 Å². The average molecular weight is 343 g/mol. The predicted molar refractivity (Wildman–Crippen MR) is 79.1 cm³/mol. The lowest BCUT2D eigenvalue weighted by molar-refractivity contribution is 0.0703. The van der Waals surface area contributed by atoms with Crippen LogP contribution < -0.4 is 0 Å². The van der Waals surface area contributed by atoms with Gasteiger partial charge >= 0.3 is 5.97 Å². The van der Waals surface area contributed by atoms with Gasteiger partial charge in [-0.1, -0.05) is 11.6 Å². The minimum atomic E-state index is -1.28. The van der Waals surface area contributed by atoms with Crippen LogP contribution in [-0.2, 0) is 0 Å². The molecule has 0 saturated carbocycles. The molecule has 22 heavy (non-hydrogen) atoms. The number of fused-ring (bicyclic) bond motifs is 1. The van der Waals surface area contributed by atoms with Gasteiger partial charge in [0.05, 0.1) is 5.02 Å². The summed E-state index contributed by atoms with van der Waals surface area (Å²) in [4.78, 5) is 11.2. The number of aromatic carboxylic acids is 1. The highest BCUT2D eigenvalue weighted by molar-refractivity contribution is 7.21. The summed E-state index contributed by atoms with van der Waals surface area (Å²) in [6.07, 6.45) is 0. The van der Waals surface area contributed by atoms with E-state index >= 15 is 0 Å². The van der Waals surface area contributed by atoms with Gasteiger partial charge in [-0.25, -0.2) is 18.0 Å². The number of hydrogen-bond acceptors (Lipinski definition) is 2. The highest BCUT2D eigenvalue weighted by atomic mass is 35.5. The van der Waals surface area contributed by atoms with Crippen LogP contribution in [0.3, 0.4) is 0 Å². The Bertz CT molecular complexity index is 921.